The number of nitrogens with zero attached hydrogens (tertiary/aromatic N) is 3. The van der Waals surface area contributed by atoms with Gasteiger partial charge in [-0.1, -0.05) is 39.8 Å². The molecule has 1 heterocycles. The van der Waals surface area contributed by atoms with Crippen LogP contribution in [0.1, 0.15) is 17.8 Å². The van der Waals surface area contributed by atoms with Crippen molar-refractivity contribution in [3.8, 4) is 0 Å². The maximum absolute atomic E-state index is 12.4. The van der Waals surface area contributed by atoms with Gasteiger partial charge in [-0.05, 0) is 17.7 Å². The predicted octanol–water partition coefficient (Wildman–Crippen LogP) is 2.98. The molecule has 0 aliphatic heterocycles. The number of thioether (sulfide) groups is 1. The zero-order valence-corrected chi connectivity index (χ0v) is 11.5. The summed E-state index contributed by atoms with van der Waals surface area (Å²) >= 11 is 4.60. The lowest BCUT2D eigenvalue weighted by Crippen LogP contribution is -2.14. The van der Waals surface area contributed by atoms with Crippen molar-refractivity contribution >= 4 is 27.7 Å². The van der Waals surface area contributed by atoms with Crippen molar-refractivity contribution in [1.82, 2.24) is 14.9 Å². The summed E-state index contributed by atoms with van der Waals surface area (Å²) in [5.41, 5.74) is 1.05. The predicted molar refractivity (Wildman–Crippen MR) is 68.8 cm³/mol. The average molecular weight is 335 g/mol. The Bertz CT molecular complexity index is 529. The second-order valence-electron chi connectivity index (χ2n) is 3.43. The first-order valence-electron chi connectivity index (χ1n) is 4.93. The molecular formula is C10H9BrF2N4S. The van der Waals surface area contributed by atoms with Gasteiger partial charge in [0.1, 0.15) is 0 Å². The van der Waals surface area contributed by atoms with Gasteiger partial charge in [-0.2, -0.15) is 0 Å². The van der Waals surface area contributed by atoms with Gasteiger partial charge in [0.25, 0.3) is 6.43 Å². The standard InChI is InChI=1S/C10H9BrF2N4S/c11-7-3-1-6(2-4-7)5-18-10-16-15-9(8(12)13)17(10)14/h1-4,8H,5,14H2. The van der Waals surface area contributed by atoms with Gasteiger partial charge < -0.3 is 5.84 Å². The highest BCUT2D eigenvalue weighted by molar-refractivity contribution is 9.10. The maximum atomic E-state index is 12.4. The molecule has 0 saturated carbocycles. The van der Waals surface area contributed by atoms with E-state index in [1.807, 2.05) is 24.3 Å². The van der Waals surface area contributed by atoms with Crippen LogP contribution in [0.4, 0.5) is 8.78 Å². The van der Waals surface area contributed by atoms with E-state index in [0.717, 1.165) is 14.7 Å². The van der Waals surface area contributed by atoms with E-state index in [4.69, 9.17) is 5.84 Å². The van der Waals surface area contributed by atoms with Crippen LogP contribution < -0.4 is 5.84 Å². The Kier molecular flexibility index (Phi) is 4.18. The van der Waals surface area contributed by atoms with Gasteiger partial charge in [0, 0.05) is 10.2 Å². The fourth-order valence-corrected chi connectivity index (χ4v) is 2.35. The highest BCUT2D eigenvalue weighted by atomic mass is 79.9. The normalized spacial score (nSPS) is 11.1. The Morgan fingerprint density at radius 2 is 1.94 bits per heavy atom. The Hall–Kier alpha value is -1.15. The monoisotopic (exact) mass is 334 g/mol. The fourth-order valence-electron chi connectivity index (χ4n) is 1.26. The van der Waals surface area contributed by atoms with Gasteiger partial charge in [-0.3, -0.25) is 0 Å². The molecule has 0 aliphatic rings. The van der Waals surface area contributed by atoms with Crippen LogP contribution in [0.3, 0.4) is 0 Å². The third-order valence-electron chi connectivity index (χ3n) is 2.17. The number of benzene rings is 1. The lowest BCUT2D eigenvalue weighted by molar-refractivity contribution is 0.136. The average Bonchev–Trinajstić information content (AvgIpc) is 2.70. The molecule has 18 heavy (non-hydrogen) atoms. The minimum absolute atomic E-state index is 0.271. The summed E-state index contributed by atoms with van der Waals surface area (Å²) in [5.74, 6) is 5.54. The van der Waals surface area contributed by atoms with Crippen LogP contribution in [0.15, 0.2) is 33.9 Å². The van der Waals surface area contributed by atoms with E-state index in [2.05, 4.69) is 26.1 Å². The summed E-state index contributed by atoms with van der Waals surface area (Å²) in [6.07, 6.45) is -2.72. The first-order valence-corrected chi connectivity index (χ1v) is 6.71. The lowest BCUT2D eigenvalue weighted by atomic mass is 10.2. The van der Waals surface area contributed by atoms with E-state index in [1.165, 1.54) is 11.8 Å². The summed E-state index contributed by atoms with van der Waals surface area (Å²) in [6, 6.07) is 7.69. The molecule has 96 valence electrons. The molecule has 0 fully saturated rings. The van der Waals surface area contributed by atoms with Crippen LogP contribution in [0.5, 0.6) is 0 Å². The largest absolute Gasteiger partial charge is 0.335 e. The summed E-state index contributed by atoms with van der Waals surface area (Å²) in [6.45, 7) is 0. The van der Waals surface area contributed by atoms with Crippen molar-refractivity contribution < 1.29 is 8.78 Å². The first-order chi connectivity index (χ1) is 8.58. The molecule has 0 atom stereocenters. The van der Waals surface area contributed by atoms with Gasteiger partial charge in [-0.15, -0.1) is 10.2 Å². The highest BCUT2D eigenvalue weighted by Gasteiger charge is 2.18. The van der Waals surface area contributed by atoms with Crippen LogP contribution in [-0.2, 0) is 5.75 Å². The van der Waals surface area contributed by atoms with Gasteiger partial charge in [0.05, 0.1) is 0 Å². The first kappa shape index (κ1) is 13.3. The minimum atomic E-state index is -2.72. The number of hydrogen-bond acceptors (Lipinski definition) is 4. The van der Waals surface area contributed by atoms with Gasteiger partial charge >= 0.3 is 0 Å². The van der Waals surface area contributed by atoms with Crippen molar-refractivity contribution in [2.75, 3.05) is 5.84 Å². The maximum Gasteiger partial charge on any atom is 0.299 e. The SMILES string of the molecule is Nn1c(SCc2ccc(Br)cc2)nnc1C(F)F. The topological polar surface area (TPSA) is 56.7 Å². The molecule has 1 aromatic carbocycles. The number of halogens is 3. The number of nitrogens with two attached hydrogens (primary N) is 1. The second kappa shape index (κ2) is 5.66. The quantitative estimate of drug-likeness (QED) is 0.689. The molecule has 0 aliphatic carbocycles. The van der Waals surface area contributed by atoms with E-state index < -0.39 is 12.2 Å². The minimum Gasteiger partial charge on any atom is -0.335 e. The van der Waals surface area contributed by atoms with Crippen molar-refractivity contribution in [3.63, 3.8) is 0 Å². The summed E-state index contributed by atoms with van der Waals surface area (Å²) in [5, 5.41) is 7.25. The summed E-state index contributed by atoms with van der Waals surface area (Å²) in [7, 11) is 0. The Balaban J connectivity index is 2.04. The second-order valence-corrected chi connectivity index (χ2v) is 5.28. The van der Waals surface area contributed by atoms with Gasteiger partial charge in [0.15, 0.2) is 0 Å². The molecule has 0 amide bonds. The Morgan fingerprint density at radius 1 is 1.28 bits per heavy atom. The molecule has 1 aromatic heterocycles. The van der Waals surface area contributed by atoms with E-state index in [1.54, 1.807) is 0 Å². The van der Waals surface area contributed by atoms with E-state index in [-0.39, 0.29) is 5.16 Å². The van der Waals surface area contributed by atoms with Gasteiger partial charge in [-0.25, -0.2) is 13.5 Å². The van der Waals surface area contributed by atoms with Crippen LogP contribution in [0, 0.1) is 0 Å². The molecule has 4 nitrogen and oxygen atoms in total. The number of alkyl halides is 2. The molecule has 2 aromatic rings. The lowest BCUT2D eigenvalue weighted by Gasteiger charge is -2.03. The summed E-state index contributed by atoms with van der Waals surface area (Å²) < 4.78 is 26.7. The van der Waals surface area contributed by atoms with E-state index in [9.17, 15) is 8.78 Å². The van der Waals surface area contributed by atoms with Crippen LogP contribution in [0.25, 0.3) is 0 Å². The van der Waals surface area contributed by atoms with Gasteiger partial charge in [0.2, 0.25) is 11.0 Å². The van der Waals surface area contributed by atoms with Crippen molar-refractivity contribution in [1.29, 1.82) is 0 Å². The molecule has 8 heteroatoms. The molecule has 2 N–H and O–H groups in total. The zero-order valence-electron chi connectivity index (χ0n) is 9.05. The highest BCUT2D eigenvalue weighted by Crippen LogP contribution is 2.24. The molecule has 2 rings (SSSR count). The van der Waals surface area contributed by atoms with Crippen molar-refractivity contribution in [2.24, 2.45) is 0 Å². The molecule has 0 spiro atoms. The number of nitrogen functional groups attached to an aromatic ring is 1. The number of hydrogen-bond donors (Lipinski definition) is 1. The van der Waals surface area contributed by atoms with E-state index >= 15 is 0 Å². The van der Waals surface area contributed by atoms with E-state index in [0.29, 0.717) is 5.75 Å². The third-order valence-corrected chi connectivity index (χ3v) is 3.71. The van der Waals surface area contributed by atoms with Crippen molar-refractivity contribution in [2.45, 2.75) is 17.3 Å². The summed E-state index contributed by atoms with van der Waals surface area (Å²) in [4.78, 5) is 0. The fraction of sp³-hybridized carbons (Fsp3) is 0.200. The zero-order chi connectivity index (χ0) is 13.1. The molecule has 0 bridgehead atoms. The number of aromatic nitrogens is 3. The van der Waals surface area contributed by atoms with Crippen LogP contribution in [-0.4, -0.2) is 14.9 Å². The van der Waals surface area contributed by atoms with Crippen LogP contribution >= 0.6 is 27.7 Å². The third kappa shape index (κ3) is 2.99. The van der Waals surface area contributed by atoms with Crippen molar-refractivity contribution in [3.05, 3.63) is 40.1 Å². The molecule has 0 radical (unpaired) electrons. The van der Waals surface area contributed by atoms with Crippen LogP contribution in [0.2, 0.25) is 0 Å². The number of rotatable bonds is 4. The molecular weight excluding hydrogens is 326 g/mol. The Morgan fingerprint density at radius 3 is 2.50 bits per heavy atom. The molecule has 0 unspecified atom stereocenters. The smallest absolute Gasteiger partial charge is 0.299 e. The Labute approximate surface area is 115 Å². The molecule has 0 saturated heterocycles.